The first-order valence-electron chi connectivity index (χ1n) is 5.92. The summed E-state index contributed by atoms with van der Waals surface area (Å²) >= 11 is 5.87. The maximum absolute atomic E-state index is 11.9. The fraction of sp³-hybridized carbons (Fsp3) is 0.385. The van der Waals surface area contributed by atoms with Crippen molar-refractivity contribution in [1.82, 2.24) is 4.90 Å². The molecule has 1 aliphatic rings. The lowest BCUT2D eigenvalue weighted by atomic mass is 10.2. The van der Waals surface area contributed by atoms with E-state index in [1.165, 1.54) is 0 Å². The number of carbonyl (C=O) groups is 1. The lowest BCUT2D eigenvalue weighted by molar-refractivity contribution is -0.128. The molecule has 0 bridgehead atoms. The van der Waals surface area contributed by atoms with Crippen LogP contribution in [0.2, 0.25) is 5.02 Å². The molecule has 2 rings (SSSR count). The summed E-state index contributed by atoms with van der Waals surface area (Å²) in [6, 6.07) is 7.04. The van der Waals surface area contributed by atoms with Gasteiger partial charge in [-0.2, -0.15) is 5.26 Å². The van der Waals surface area contributed by atoms with Crippen LogP contribution in [0.25, 0.3) is 0 Å². The van der Waals surface area contributed by atoms with Gasteiger partial charge in [0.05, 0.1) is 17.8 Å². The van der Waals surface area contributed by atoms with Gasteiger partial charge in [0.2, 0.25) is 5.91 Å². The van der Waals surface area contributed by atoms with Crippen molar-refractivity contribution in [3.05, 3.63) is 28.8 Å². The summed E-state index contributed by atoms with van der Waals surface area (Å²) in [5.41, 5.74) is 1.10. The van der Waals surface area contributed by atoms with Crippen molar-refractivity contribution in [2.45, 2.75) is 12.8 Å². The summed E-state index contributed by atoms with van der Waals surface area (Å²) in [6.07, 6.45) is 2.15. The highest BCUT2D eigenvalue weighted by molar-refractivity contribution is 6.30. The number of carbonyl (C=O) groups excluding carboxylic acids is 1. The normalized spacial score (nSPS) is 14.3. The van der Waals surface area contributed by atoms with Gasteiger partial charge in [0.1, 0.15) is 6.07 Å². The van der Waals surface area contributed by atoms with Crippen LogP contribution in [0.1, 0.15) is 18.4 Å². The van der Waals surface area contributed by atoms with Gasteiger partial charge in [-0.05, 0) is 31.0 Å². The monoisotopic (exact) mass is 263 g/mol. The van der Waals surface area contributed by atoms with Crippen molar-refractivity contribution in [1.29, 1.82) is 5.26 Å². The van der Waals surface area contributed by atoms with E-state index in [0.29, 0.717) is 16.3 Å². The zero-order valence-corrected chi connectivity index (χ0v) is 10.7. The summed E-state index contributed by atoms with van der Waals surface area (Å²) in [4.78, 5) is 13.7. The minimum absolute atomic E-state index is 0.0661. The predicted octanol–water partition coefficient (Wildman–Crippen LogP) is 2.25. The number of nitrogens with one attached hydrogen (secondary N) is 1. The van der Waals surface area contributed by atoms with E-state index in [-0.39, 0.29) is 12.5 Å². The molecule has 4 nitrogen and oxygen atoms in total. The fourth-order valence-corrected chi connectivity index (χ4v) is 2.18. The molecule has 1 aliphatic heterocycles. The SMILES string of the molecule is N#Cc1ccc(Cl)cc1NCC(=O)N1CCCC1. The lowest BCUT2D eigenvalue weighted by Gasteiger charge is -2.16. The third kappa shape index (κ3) is 2.93. The summed E-state index contributed by atoms with van der Waals surface area (Å²) in [7, 11) is 0. The standard InChI is InChI=1S/C13H14ClN3O/c14-11-4-3-10(8-15)12(7-11)16-9-13(18)17-5-1-2-6-17/h3-4,7,16H,1-2,5-6,9H2. The van der Waals surface area contributed by atoms with Gasteiger partial charge in [0.25, 0.3) is 0 Å². The van der Waals surface area contributed by atoms with Crippen LogP contribution >= 0.6 is 11.6 Å². The maximum atomic E-state index is 11.9. The van der Waals surface area contributed by atoms with Gasteiger partial charge in [-0.1, -0.05) is 11.6 Å². The largest absolute Gasteiger partial charge is 0.375 e. The van der Waals surface area contributed by atoms with Crippen LogP contribution in [0.5, 0.6) is 0 Å². The average Bonchev–Trinajstić information content (AvgIpc) is 2.90. The number of nitrogens with zero attached hydrogens (tertiary/aromatic N) is 2. The quantitative estimate of drug-likeness (QED) is 0.910. The topological polar surface area (TPSA) is 56.1 Å². The Hall–Kier alpha value is -1.73. The van der Waals surface area contributed by atoms with E-state index < -0.39 is 0 Å². The molecule has 0 spiro atoms. The molecule has 5 heteroatoms. The van der Waals surface area contributed by atoms with Crippen molar-refractivity contribution in [3.63, 3.8) is 0 Å². The molecule has 1 heterocycles. The predicted molar refractivity (Wildman–Crippen MR) is 70.5 cm³/mol. The number of anilines is 1. The summed E-state index contributed by atoms with van der Waals surface area (Å²) < 4.78 is 0. The van der Waals surface area contributed by atoms with Crippen molar-refractivity contribution in [2.75, 3.05) is 25.0 Å². The minimum Gasteiger partial charge on any atom is -0.375 e. The summed E-state index contributed by atoms with van der Waals surface area (Å²) in [6.45, 7) is 1.87. The summed E-state index contributed by atoms with van der Waals surface area (Å²) in [5, 5.41) is 12.5. The third-order valence-electron chi connectivity index (χ3n) is 2.99. The van der Waals surface area contributed by atoms with Gasteiger partial charge in [-0.25, -0.2) is 0 Å². The Bertz CT molecular complexity index is 489. The van der Waals surface area contributed by atoms with Gasteiger partial charge >= 0.3 is 0 Å². The number of amides is 1. The lowest BCUT2D eigenvalue weighted by Crippen LogP contribution is -2.33. The van der Waals surface area contributed by atoms with Crippen LogP contribution in [0.15, 0.2) is 18.2 Å². The molecule has 1 amide bonds. The Morgan fingerprint density at radius 3 is 2.83 bits per heavy atom. The van der Waals surface area contributed by atoms with Gasteiger partial charge in [-0.15, -0.1) is 0 Å². The van der Waals surface area contributed by atoms with Crippen LogP contribution in [0.3, 0.4) is 0 Å². The van der Waals surface area contributed by atoms with Crippen LogP contribution in [-0.2, 0) is 4.79 Å². The number of hydrogen-bond donors (Lipinski definition) is 1. The number of hydrogen-bond acceptors (Lipinski definition) is 3. The van der Waals surface area contributed by atoms with Gasteiger partial charge in [0, 0.05) is 18.1 Å². The average molecular weight is 264 g/mol. The zero-order chi connectivity index (χ0) is 13.0. The van der Waals surface area contributed by atoms with Crippen molar-refractivity contribution in [2.24, 2.45) is 0 Å². The second kappa shape index (κ2) is 5.74. The molecule has 0 saturated carbocycles. The highest BCUT2D eigenvalue weighted by atomic mass is 35.5. The molecule has 0 radical (unpaired) electrons. The number of rotatable bonds is 3. The second-order valence-electron chi connectivity index (χ2n) is 4.24. The Balaban J connectivity index is 1.99. The molecule has 1 fully saturated rings. The Morgan fingerprint density at radius 2 is 2.17 bits per heavy atom. The smallest absolute Gasteiger partial charge is 0.241 e. The Labute approximate surface area is 111 Å². The van der Waals surface area contributed by atoms with Crippen molar-refractivity contribution >= 4 is 23.2 Å². The molecule has 1 saturated heterocycles. The molecule has 0 atom stereocenters. The van der Waals surface area contributed by atoms with Gasteiger partial charge in [-0.3, -0.25) is 4.79 Å². The summed E-state index contributed by atoms with van der Waals surface area (Å²) in [5.74, 6) is 0.0661. The van der Waals surface area contributed by atoms with Crippen LogP contribution in [0, 0.1) is 11.3 Å². The third-order valence-corrected chi connectivity index (χ3v) is 3.23. The van der Waals surface area contributed by atoms with E-state index in [1.807, 2.05) is 4.90 Å². The van der Waals surface area contributed by atoms with E-state index in [4.69, 9.17) is 16.9 Å². The molecule has 0 unspecified atom stereocenters. The number of likely N-dealkylation sites (tertiary alicyclic amines) is 1. The highest BCUT2D eigenvalue weighted by Crippen LogP contribution is 2.20. The fourth-order valence-electron chi connectivity index (χ4n) is 2.01. The molecule has 1 N–H and O–H groups in total. The molecule has 94 valence electrons. The van der Waals surface area contributed by atoms with Crippen molar-refractivity contribution < 1.29 is 4.79 Å². The van der Waals surface area contributed by atoms with E-state index in [9.17, 15) is 4.79 Å². The number of halogens is 1. The Kier molecular flexibility index (Phi) is 4.06. The van der Waals surface area contributed by atoms with Crippen LogP contribution in [-0.4, -0.2) is 30.4 Å². The van der Waals surface area contributed by atoms with Gasteiger partial charge in [0.15, 0.2) is 0 Å². The van der Waals surface area contributed by atoms with E-state index in [1.54, 1.807) is 18.2 Å². The second-order valence-corrected chi connectivity index (χ2v) is 4.68. The molecule has 18 heavy (non-hydrogen) atoms. The first kappa shape index (κ1) is 12.7. The molecular weight excluding hydrogens is 250 g/mol. The first-order valence-corrected chi connectivity index (χ1v) is 6.30. The van der Waals surface area contributed by atoms with E-state index in [0.717, 1.165) is 25.9 Å². The Morgan fingerprint density at radius 1 is 1.44 bits per heavy atom. The molecule has 1 aromatic rings. The van der Waals surface area contributed by atoms with Crippen molar-refractivity contribution in [3.8, 4) is 6.07 Å². The zero-order valence-electron chi connectivity index (χ0n) is 9.95. The van der Waals surface area contributed by atoms with Crippen LogP contribution < -0.4 is 5.32 Å². The van der Waals surface area contributed by atoms with E-state index >= 15 is 0 Å². The highest BCUT2D eigenvalue weighted by Gasteiger charge is 2.17. The first-order chi connectivity index (χ1) is 8.70. The molecule has 0 aliphatic carbocycles. The molecule has 1 aromatic carbocycles. The minimum atomic E-state index is 0.0661. The van der Waals surface area contributed by atoms with Crippen LogP contribution in [0.4, 0.5) is 5.69 Å². The maximum Gasteiger partial charge on any atom is 0.241 e. The van der Waals surface area contributed by atoms with Gasteiger partial charge < -0.3 is 10.2 Å². The number of nitriles is 1. The number of benzene rings is 1. The van der Waals surface area contributed by atoms with E-state index in [2.05, 4.69) is 11.4 Å². The molecule has 0 aromatic heterocycles. The molecular formula is C13H14ClN3O.